The van der Waals surface area contributed by atoms with E-state index in [2.05, 4.69) is 58.7 Å². The van der Waals surface area contributed by atoms with Crippen LogP contribution in [0.15, 0.2) is 54.6 Å². The Balaban J connectivity index is 0.00000176. The van der Waals surface area contributed by atoms with Crippen molar-refractivity contribution in [1.29, 1.82) is 0 Å². The summed E-state index contributed by atoms with van der Waals surface area (Å²) in [6, 6.07) is 19.1. The molecule has 1 fully saturated rings. The van der Waals surface area contributed by atoms with Crippen molar-refractivity contribution < 1.29 is 5.11 Å². The van der Waals surface area contributed by atoms with E-state index in [0.717, 1.165) is 26.2 Å². The van der Waals surface area contributed by atoms with Crippen LogP contribution in [0.4, 0.5) is 0 Å². The second kappa shape index (κ2) is 8.30. The average Bonchev–Trinajstić information content (AvgIpc) is 2.58. The zero-order chi connectivity index (χ0) is 14.5. The molecule has 0 aromatic heterocycles. The lowest BCUT2D eigenvalue weighted by atomic mass is 10.00. The highest BCUT2D eigenvalue weighted by molar-refractivity contribution is 5.85. The molecule has 1 atom stereocenters. The van der Waals surface area contributed by atoms with Crippen LogP contribution in [0.25, 0.3) is 11.1 Å². The molecule has 0 amide bonds. The van der Waals surface area contributed by atoms with Crippen LogP contribution in [-0.2, 0) is 0 Å². The lowest BCUT2D eigenvalue weighted by molar-refractivity contribution is 0.111. The number of piperazine rings is 1. The molecule has 118 valence electrons. The van der Waals surface area contributed by atoms with Crippen LogP contribution >= 0.6 is 12.4 Å². The number of aliphatic hydroxyl groups is 1. The second-order valence-electron chi connectivity index (χ2n) is 5.47. The highest BCUT2D eigenvalue weighted by Crippen LogP contribution is 2.25. The van der Waals surface area contributed by atoms with Gasteiger partial charge in [-0.05, 0) is 16.7 Å². The quantitative estimate of drug-likeness (QED) is 0.910. The number of hydrogen-bond acceptors (Lipinski definition) is 3. The summed E-state index contributed by atoms with van der Waals surface area (Å²) >= 11 is 0. The number of nitrogens with one attached hydrogen (secondary N) is 1. The molecule has 0 saturated carbocycles. The molecule has 0 spiro atoms. The first kappa shape index (κ1) is 17.0. The Morgan fingerprint density at radius 1 is 0.909 bits per heavy atom. The minimum absolute atomic E-state index is 0. The third-order valence-corrected chi connectivity index (χ3v) is 4.17. The summed E-state index contributed by atoms with van der Waals surface area (Å²) < 4.78 is 0. The molecule has 2 N–H and O–H groups in total. The molecule has 1 aliphatic rings. The van der Waals surface area contributed by atoms with Crippen LogP contribution < -0.4 is 5.32 Å². The predicted molar refractivity (Wildman–Crippen MR) is 93.4 cm³/mol. The molecule has 1 saturated heterocycles. The molecule has 2 aromatic rings. The maximum Gasteiger partial charge on any atom is 0.0628 e. The van der Waals surface area contributed by atoms with Crippen LogP contribution in [0.1, 0.15) is 11.6 Å². The molecule has 2 aromatic carbocycles. The van der Waals surface area contributed by atoms with E-state index in [9.17, 15) is 5.11 Å². The highest BCUT2D eigenvalue weighted by Gasteiger charge is 2.21. The van der Waals surface area contributed by atoms with Gasteiger partial charge in [-0.15, -0.1) is 12.4 Å². The Morgan fingerprint density at radius 2 is 1.50 bits per heavy atom. The molecule has 4 heteroatoms. The van der Waals surface area contributed by atoms with Gasteiger partial charge in [0.15, 0.2) is 0 Å². The Labute approximate surface area is 138 Å². The maximum absolute atomic E-state index is 9.76. The van der Waals surface area contributed by atoms with Gasteiger partial charge in [-0.25, -0.2) is 0 Å². The predicted octanol–water partition coefficient (Wildman–Crippen LogP) is 2.71. The molecule has 0 unspecified atom stereocenters. The van der Waals surface area contributed by atoms with E-state index in [0.29, 0.717) is 0 Å². The lowest BCUT2D eigenvalue weighted by Gasteiger charge is -2.34. The van der Waals surface area contributed by atoms with Gasteiger partial charge < -0.3 is 10.4 Å². The van der Waals surface area contributed by atoms with Crippen LogP contribution in [-0.4, -0.2) is 42.8 Å². The molecule has 22 heavy (non-hydrogen) atoms. The molecule has 0 radical (unpaired) electrons. The van der Waals surface area contributed by atoms with Crippen molar-refractivity contribution in [2.24, 2.45) is 0 Å². The van der Waals surface area contributed by atoms with E-state index in [1.807, 2.05) is 6.07 Å². The van der Waals surface area contributed by atoms with Gasteiger partial charge in [-0.2, -0.15) is 0 Å². The van der Waals surface area contributed by atoms with Gasteiger partial charge in [-0.1, -0.05) is 54.6 Å². The average molecular weight is 319 g/mol. The summed E-state index contributed by atoms with van der Waals surface area (Å²) in [4.78, 5) is 2.36. The van der Waals surface area contributed by atoms with E-state index < -0.39 is 0 Å². The normalized spacial score (nSPS) is 16.8. The van der Waals surface area contributed by atoms with Crippen LogP contribution in [0, 0.1) is 0 Å². The first-order valence-corrected chi connectivity index (χ1v) is 7.59. The van der Waals surface area contributed by atoms with E-state index >= 15 is 0 Å². The summed E-state index contributed by atoms with van der Waals surface area (Å²) in [6.45, 7) is 4.15. The summed E-state index contributed by atoms with van der Waals surface area (Å²) in [6.07, 6.45) is 0. The van der Waals surface area contributed by atoms with Gasteiger partial charge in [-0.3, -0.25) is 4.90 Å². The molecule has 3 nitrogen and oxygen atoms in total. The second-order valence-corrected chi connectivity index (χ2v) is 5.47. The molecule has 0 aliphatic carbocycles. The fraction of sp³-hybridized carbons (Fsp3) is 0.333. The van der Waals surface area contributed by atoms with Gasteiger partial charge >= 0.3 is 0 Å². The number of benzene rings is 2. The Kier molecular flexibility index (Phi) is 6.40. The number of rotatable bonds is 4. The van der Waals surface area contributed by atoms with Crippen LogP contribution in [0.5, 0.6) is 0 Å². The van der Waals surface area contributed by atoms with Gasteiger partial charge in [0, 0.05) is 26.2 Å². The Morgan fingerprint density at radius 3 is 2.09 bits per heavy atom. The summed E-state index contributed by atoms with van der Waals surface area (Å²) in [5.74, 6) is 0. The standard InChI is InChI=1S/C18H22N2O.ClH/c21-14-18(20-12-10-19-11-13-20)17-8-6-16(7-9-17)15-4-2-1-3-5-15;/h1-9,18-19,21H,10-14H2;1H/t18-;/m1./s1. The van der Waals surface area contributed by atoms with Crippen molar-refractivity contribution in [2.75, 3.05) is 32.8 Å². The summed E-state index contributed by atoms with van der Waals surface area (Å²) in [7, 11) is 0. The first-order chi connectivity index (χ1) is 10.4. The largest absolute Gasteiger partial charge is 0.394 e. The molecule has 3 rings (SSSR count). The van der Waals surface area contributed by atoms with Crippen molar-refractivity contribution in [3.63, 3.8) is 0 Å². The molecule has 0 bridgehead atoms. The maximum atomic E-state index is 9.76. The van der Waals surface area contributed by atoms with Gasteiger partial charge in [0.05, 0.1) is 12.6 Å². The minimum Gasteiger partial charge on any atom is -0.394 e. The Bertz CT molecular complexity index is 553. The van der Waals surface area contributed by atoms with Crippen molar-refractivity contribution in [2.45, 2.75) is 6.04 Å². The van der Waals surface area contributed by atoms with E-state index in [-0.39, 0.29) is 25.1 Å². The smallest absolute Gasteiger partial charge is 0.0628 e. The fourth-order valence-corrected chi connectivity index (χ4v) is 2.95. The number of aliphatic hydroxyl groups excluding tert-OH is 1. The van der Waals surface area contributed by atoms with Gasteiger partial charge in [0.25, 0.3) is 0 Å². The number of nitrogens with zero attached hydrogens (tertiary/aromatic N) is 1. The SMILES string of the molecule is Cl.OC[C@H](c1ccc(-c2ccccc2)cc1)N1CCNCC1. The third kappa shape index (κ3) is 3.87. The van der Waals surface area contributed by atoms with Crippen molar-refractivity contribution in [1.82, 2.24) is 10.2 Å². The molecular weight excluding hydrogens is 296 g/mol. The van der Waals surface area contributed by atoms with Gasteiger partial charge in [0.2, 0.25) is 0 Å². The van der Waals surface area contributed by atoms with Gasteiger partial charge in [0.1, 0.15) is 0 Å². The van der Waals surface area contributed by atoms with Crippen LogP contribution in [0.3, 0.4) is 0 Å². The highest BCUT2D eigenvalue weighted by atomic mass is 35.5. The Hall–Kier alpha value is -1.39. The van der Waals surface area contributed by atoms with Crippen molar-refractivity contribution in [3.05, 3.63) is 60.2 Å². The molecule has 1 aliphatic heterocycles. The first-order valence-electron chi connectivity index (χ1n) is 7.59. The molecular formula is C18H23ClN2O. The lowest BCUT2D eigenvalue weighted by Crippen LogP contribution is -2.46. The monoisotopic (exact) mass is 318 g/mol. The van der Waals surface area contributed by atoms with Crippen LogP contribution in [0.2, 0.25) is 0 Å². The van der Waals surface area contributed by atoms with E-state index in [1.54, 1.807) is 0 Å². The zero-order valence-corrected chi connectivity index (χ0v) is 13.4. The molecule has 1 heterocycles. The fourth-order valence-electron chi connectivity index (χ4n) is 2.95. The number of hydrogen-bond donors (Lipinski definition) is 2. The number of halogens is 1. The van der Waals surface area contributed by atoms with Crippen molar-refractivity contribution in [3.8, 4) is 11.1 Å². The summed E-state index contributed by atoms with van der Waals surface area (Å²) in [5, 5.41) is 13.1. The van der Waals surface area contributed by atoms with E-state index in [4.69, 9.17) is 0 Å². The topological polar surface area (TPSA) is 35.5 Å². The minimum atomic E-state index is 0. The third-order valence-electron chi connectivity index (χ3n) is 4.17. The summed E-state index contributed by atoms with van der Waals surface area (Å²) in [5.41, 5.74) is 3.64. The van der Waals surface area contributed by atoms with Crippen molar-refractivity contribution >= 4 is 12.4 Å². The van der Waals surface area contributed by atoms with E-state index in [1.165, 1.54) is 16.7 Å². The zero-order valence-electron chi connectivity index (χ0n) is 12.6.